The van der Waals surface area contributed by atoms with E-state index in [0.29, 0.717) is 5.69 Å². The minimum absolute atomic E-state index is 0. The lowest BCUT2D eigenvalue weighted by Crippen LogP contribution is -2.31. The molecule has 0 spiro atoms. The minimum Gasteiger partial charge on any atom is -0.399 e. The Kier molecular flexibility index (Phi) is 6.92. The van der Waals surface area contributed by atoms with Crippen LogP contribution in [0.15, 0.2) is 35.8 Å². The highest BCUT2D eigenvalue weighted by Gasteiger charge is 2.23. The predicted octanol–water partition coefficient (Wildman–Crippen LogP) is 4.68. The SMILES string of the molecule is Cc1nc(-c2c[nH]c(C(=O)NC3CCCc4cc(N)ccc43)c2)cs1.Cl.Cl. The van der Waals surface area contributed by atoms with E-state index >= 15 is 0 Å². The molecule has 8 heteroatoms. The summed E-state index contributed by atoms with van der Waals surface area (Å²) in [7, 11) is 0. The van der Waals surface area contributed by atoms with E-state index in [1.54, 1.807) is 11.3 Å². The number of aryl methyl sites for hydroxylation is 2. The summed E-state index contributed by atoms with van der Waals surface area (Å²) in [5, 5.41) is 6.17. The van der Waals surface area contributed by atoms with Crippen LogP contribution in [0, 0.1) is 6.92 Å². The normalized spacial score (nSPS) is 15.2. The van der Waals surface area contributed by atoms with E-state index in [2.05, 4.69) is 15.3 Å². The lowest BCUT2D eigenvalue weighted by Gasteiger charge is -2.26. The van der Waals surface area contributed by atoms with Crippen molar-refractivity contribution in [2.75, 3.05) is 5.73 Å². The van der Waals surface area contributed by atoms with Crippen LogP contribution < -0.4 is 11.1 Å². The van der Waals surface area contributed by atoms with Gasteiger partial charge < -0.3 is 16.0 Å². The molecule has 2 heterocycles. The van der Waals surface area contributed by atoms with E-state index in [0.717, 1.165) is 41.2 Å². The van der Waals surface area contributed by atoms with Gasteiger partial charge in [-0.05, 0) is 55.5 Å². The highest BCUT2D eigenvalue weighted by atomic mass is 35.5. The molecular formula is C19H22Cl2N4OS. The van der Waals surface area contributed by atoms with E-state index in [-0.39, 0.29) is 36.8 Å². The van der Waals surface area contributed by atoms with Gasteiger partial charge in [-0.2, -0.15) is 0 Å². The number of nitrogens with two attached hydrogens (primary N) is 1. The summed E-state index contributed by atoms with van der Waals surface area (Å²) in [6.45, 7) is 1.97. The smallest absolute Gasteiger partial charge is 0.268 e. The zero-order chi connectivity index (χ0) is 17.4. The minimum atomic E-state index is -0.0899. The van der Waals surface area contributed by atoms with Crippen LogP contribution >= 0.6 is 36.2 Å². The predicted molar refractivity (Wildman–Crippen MR) is 115 cm³/mol. The molecule has 1 aliphatic carbocycles. The fourth-order valence-electron chi connectivity index (χ4n) is 3.39. The number of hydrogen-bond acceptors (Lipinski definition) is 4. The van der Waals surface area contributed by atoms with Crippen LogP contribution in [0.4, 0.5) is 5.69 Å². The van der Waals surface area contributed by atoms with E-state index in [1.165, 1.54) is 11.1 Å². The maximum atomic E-state index is 12.7. The second kappa shape index (κ2) is 8.78. The van der Waals surface area contributed by atoms with Crippen LogP contribution in [0.2, 0.25) is 0 Å². The lowest BCUT2D eigenvalue weighted by atomic mass is 9.87. The van der Waals surface area contributed by atoms with Gasteiger partial charge in [-0.3, -0.25) is 4.79 Å². The number of aromatic nitrogens is 2. The number of fused-ring (bicyclic) bond motifs is 1. The Morgan fingerprint density at radius 3 is 2.89 bits per heavy atom. The number of halogens is 2. The summed E-state index contributed by atoms with van der Waals surface area (Å²) in [6.07, 6.45) is 4.85. The number of amides is 1. The third-order valence-corrected chi connectivity index (χ3v) is 5.40. The molecule has 27 heavy (non-hydrogen) atoms. The van der Waals surface area contributed by atoms with Crippen LogP contribution in [-0.2, 0) is 6.42 Å². The Balaban J connectivity index is 0.00000131. The average Bonchev–Trinajstić information content (AvgIpc) is 3.23. The summed E-state index contributed by atoms with van der Waals surface area (Å²) >= 11 is 1.60. The van der Waals surface area contributed by atoms with Gasteiger partial charge in [0.1, 0.15) is 5.69 Å². The van der Waals surface area contributed by atoms with Gasteiger partial charge in [0, 0.05) is 22.8 Å². The van der Waals surface area contributed by atoms with Crippen LogP contribution in [0.25, 0.3) is 11.3 Å². The molecule has 4 rings (SSSR count). The number of benzene rings is 1. The van der Waals surface area contributed by atoms with E-state index in [9.17, 15) is 4.79 Å². The van der Waals surface area contributed by atoms with Crippen LogP contribution in [0.5, 0.6) is 0 Å². The summed E-state index contributed by atoms with van der Waals surface area (Å²) in [4.78, 5) is 20.2. The van der Waals surface area contributed by atoms with Gasteiger partial charge in [-0.15, -0.1) is 36.2 Å². The standard InChI is InChI=1S/C19H20N4OS.2ClH/c1-11-22-18(10-25-11)13-8-17(21-9-13)19(24)23-16-4-2-3-12-7-14(20)5-6-15(12)16;;/h5-10,16,21H,2-4,20H2,1H3,(H,23,24);2*1H. The number of nitrogen functional groups attached to an aromatic ring is 1. The molecule has 1 atom stereocenters. The molecular weight excluding hydrogens is 403 g/mol. The van der Waals surface area contributed by atoms with Gasteiger partial charge in [0.2, 0.25) is 0 Å². The Morgan fingerprint density at radius 2 is 2.15 bits per heavy atom. The second-order valence-electron chi connectivity index (χ2n) is 6.43. The maximum absolute atomic E-state index is 12.7. The quantitative estimate of drug-likeness (QED) is 0.533. The van der Waals surface area contributed by atoms with Gasteiger partial charge in [0.05, 0.1) is 16.7 Å². The third kappa shape index (κ3) is 4.46. The van der Waals surface area contributed by atoms with Crippen LogP contribution in [0.1, 0.15) is 45.5 Å². The average molecular weight is 425 g/mol. The molecule has 0 aliphatic heterocycles. The van der Waals surface area contributed by atoms with Crippen molar-refractivity contribution in [3.8, 4) is 11.3 Å². The summed E-state index contributed by atoms with van der Waals surface area (Å²) in [5.41, 5.74) is 11.5. The molecule has 0 fully saturated rings. The van der Waals surface area contributed by atoms with Crippen molar-refractivity contribution in [2.24, 2.45) is 0 Å². The van der Waals surface area contributed by atoms with Crippen molar-refractivity contribution in [2.45, 2.75) is 32.2 Å². The fraction of sp³-hybridized carbons (Fsp3) is 0.263. The van der Waals surface area contributed by atoms with Crippen LogP contribution in [-0.4, -0.2) is 15.9 Å². The number of aromatic amines is 1. The first-order chi connectivity index (χ1) is 12.1. The number of thiazole rings is 1. The molecule has 0 bridgehead atoms. The van der Waals surface area contributed by atoms with Crippen molar-refractivity contribution in [1.29, 1.82) is 0 Å². The Hall–Kier alpha value is -2.02. The second-order valence-corrected chi connectivity index (χ2v) is 7.49. The number of hydrogen-bond donors (Lipinski definition) is 3. The molecule has 5 nitrogen and oxygen atoms in total. The van der Waals surface area contributed by atoms with E-state index < -0.39 is 0 Å². The number of rotatable bonds is 3. The van der Waals surface area contributed by atoms with Gasteiger partial charge in [-0.25, -0.2) is 4.98 Å². The molecule has 1 aromatic carbocycles. The molecule has 3 aromatic rings. The number of carbonyl (C=O) groups is 1. The molecule has 2 aromatic heterocycles. The lowest BCUT2D eigenvalue weighted by molar-refractivity contribution is 0.0928. The topological polar surface area (TPSA) is 83.8 Å². The van der Waals surface area contributed by atoms with Crippen molar-refractivity contribution >= 4 is 47.7 Å². The van der Waals surface area contributed by atoms with Gasteiger partial charge in [0.25, 0.3) is 5.91 Å². The first-order valence-corrected chi connectivity index (χ1v) is 9.28. The summed E-state index contributed by atoms with van der Waals surface area (Å²) in [6, 6.07) is 7.85. The number of H-pyrrole nitrogens is 1. The third-order valence-electron chi connectivity index (χ3n) is 4.63. The largest absolute Gasteiger partial charge is 0.399 e. The first kappa shape index (κ1) is 21.3. The molecule has 144 valence electrons. The number of anilines is 1. The monoisotopic (exact) mass is 424 g/mol. The molecule has 1 unspecified atom stereocenters. The first-order valence-electron chi connectivity index (χ1n) is 8.40. The maximum Gasteiger partial charge on any atom is 0.268 e. The van der Waals surface area contributed by atoms with Crippen molar-refractivity contribution in [3.63, 3.8) is 0 Å². The Morgan fingerprint density at radius 1 is 1.33 bits per heavy atom. The Labute approximate surface area is 174 Å². The van der Waals surface area contributed by atoms with Crippen molar-refractivity contribution < 1.29 is 4.79 Å². The number of nitrogens with one attached hydrogen (secondary N) is 2. The molecule has 0 saturated heterocycles. The van der Waals surface area contributed by atoms with Crippen molar-refractivity contribution in [3.05, 3.63) is 57.7 Å². The van der Waals surface area contributed by atoms with E-state index in [1.807, 2.05) is 42.8 Å². The summed E-state index contributed by atoms with van der Waals surface area (Å²) < 4.78 is 0. The van der Waals surface area contributed by atoms with Gasteiger partial charge >= 0.3 is 0 Å². The molecule has 0 saturated carbocycles. The summed E-state index contributed by atoms with van der Waals surface area (Å²) in [5.74, 6) is -0.0899. The number of nitrogens with zero attached hydrogens (tertiary/aromatic N) is 1. The fourth-order valence-corrected chi connectivity index (χ4v) is 4.01. The van der Waals surface area contributed by atoms with Crippen LogP contribution in [0.3, 0.4) is 0 Å². The van der Waals surface area contributed by atoms with E-state index in [4.69, 9.17) is 5.73 Å². The molecule has 1 aliphatic rings. The zero-order valence-corrected chi connectivity index (χ0v) is 17.3. The zero-order valence-electron chi connectivity index (χ0n) is 14.8. The number of carbonyl (C=O) groups excluding carboxylic acids is 1. The molecule has 4 N–H and O–H groups in total. The highest BCUT2D eigenvalue weighted by molar-refractivity contribution is 7.09. The molecule has 1 amide bonds. The van der Waals surface area contributed by atoms with Gasteiger partial charge in [-0.1, -0.05) is 6.07 Å². The molecule has 0 radical (unpaired) electrons. The highest BCUT2D eigenvalue weighted by Crippen LogP contribution is 2.31. The van der Waals surface area contributed by atoms with Gasteiger partial charge in [0.15, 0.2) is 0 Å². The van der Waals surface area contributed by atoms with Crippen molar-refractivity contribution in [1.82, 2.24) is 15.3 Å². The Bertz CT molecular complexity index is 937.